The van der Waals surface area contributed by atoms with Gasteiger partial charge in [0.2, 0.25) is 0 Å². The topological polar surface area (TPSA) is 29.5 Å². The van der Waals surface area contributed by atoms with Crippen molar-refractivity contribution >= 4 is 5.91 Å². The van der Waals surface area contributed by atoms with Crippen molar-refractivity contribution in [3.05, 3.63) is 29.8 Å². The van der Waals surface area contributed by atoms with Gasteiger partial charge in [0.15, 0.2) is 6.61 Å². The number of rotatable bonds is 10. The summed E-state index contributed by atoms with van der Waals surface area (Å²) in [5.41, 5.74) is 1.23. The molecule has 0 fully saturated rings. The number of nitrogens with zero attached hydrogens (tertiary/aromatic N) is 1. The molecular weight excluding hydrogens is 262 g/mol. The fraction of sp³-hybridized carbons (Fsp3) is 0.611. The fourth-order valence-corrected chi connectivity index (χ4v) is 2.15. The van der Waals surface area contributed by atoms with Gasteiger partial charge in [-0.25, -0.2) is 0 Å². The lowest BCUT2D eigenvalue weighted by Crippen LogP contribution is -2.36. The average molecular weight is 291 g/mol. The highest BCUT2D eigenvalue weighted by atomic mass is 16.5. The van der Waals surface area contributed by atoms with E-state index in [4.69, 9.17) is 4.74 Å². The molecule has 0 aromatic heterocycles. The summed E-state index contributed by atoms with van der Waals surface area (Å²) in [5.74, 6) is 0.882. The molecule has 3 heteroatoms. The normalized spacial score (nSPS) is 10.4. The summed E-state index contributed by atoms with van der Waals surface area (Å²) in [5, 5.41) is 0. The predicted octanol–water partition coefficient (Wildman–Crippen LogP) is 4.06. The molecule has 21 heavy (non-hydrogen) atoms. The van der Waals surface area contributed by atoms with E-state index in [-0.39, 0.29) is 12.5 Å². The predicted molar refractivity (Wildman–Crippen MR) is 87.7 cm³/mol. The van der Waals surface area contributed by atoms with Crippen LogP contribution in [0.4, 0.5) is 0 Å². The molecule has 118 valence electrons. The molecule has 0 heterocycles. The Hall–Kier alpha value is -1.51. The molecule has 0 aliphatic rings. The van der Waals surface area contributed by atoms with Gasteiger partial charge in [0.05, 0.1) is 0 Å². The van der Waals surface area contributed by atoms with Gasteiger partial charge in [-0.15, -0.1) is 0 Å². The molecule has 0 unspecified atom stereocenters. The zero-order chi connectivity index (χ0) is 15.5. The third-order valence-electron chi connectivity index (χ3n) is 3.58. The smallest absolute Gasteiger partial charge is 0.260 e. The maximum atomic E-state index is 12.3. The van der Waals surface area contributed by atoms with Crippen molar-refractivity contribution < 1.29 is 9.53 Å². The Morgan fingerprint density at radius 3 is 2.33 bits per heavy atom. The Morgan fingerprint density at radius 2 is 1.76 bits per heavy atom. The minimum absolute atomic E-state index is 0.0961. The lowest BCUT2D eigenvalue weighted by Gasteiger charge is -2.22. The van der Waals surface area contributed by atoms with Gasteiger partial charge in [0.25, 0.3) is 5.91 Å². The molecule has 1 amide bonds. The van der Waals surface area contributed by atoms with E-state index in [0.717, 1.165) is 50.9 Å². The van der Waals surface area contributed by atoms with Crippen molar-refractivity contribution in [1.82, 2.24) is 4.90 Å². The van der Waals surface area contributed by atoms with Crippen LogP contribution in [0.5, 0.6) is 5.75 Å². The average Bonchev–Trinajstić information content (AvgIpc) is 2.53. The van der Waals surface area contributed by atoms with E-state index in [2.05, 4.69) is 26.8 Å². The SMILES string of the molecule is CCCCN(CCCC)C(=O)COc1cccc(CC)c1. The Balaban J connectivity index is 2.50. The molecule has 0 aliphatic heterocycles. The number of carbonyl (C=O) groups excluding carboxylic acids is 1. The summed E-state index contributed by atoms with van der Waals surface area (Å²) < 4.78 is 5.66. The molecule has 1 aromatic rings. The van der Waals surface area contributed by atoms with Gasteiger partial charge in [-0.2, -0.15) is 0 Å². The highest BCUT2D eigenvalue weighted by molar-refractivity contribution is 5.77. The maximum absolute atomic E-state index is 12.3. The second-order valence-electron chi connectivity index (χ2n) is 5.38. The van der Waals surface area contributed by atoms with Crippen LogP contribution in [0, 0.1) is 0 Å². The van der Waals surface area contributed by atoms with E-state index >= 15 is 0 Å². The number of benzene rings is 1. The number of hydrogen-bond donors (Lipinski definition) is 0. The van der Waals surface area contributed by atoms with Crippen molar-refractivity contribution in [2.45, 2.75) is 52.9 Å². The molecular formula is C18H29NO2. The molecule has 3 nitrogen and oxygen atoms in total. The van der Waals surface area contributed by atoms with E-state index in [1.54, 1.807) is 0 Å². The van der Waals surface area contributed by atoms with Crippen LogP contribution < -0.4 is 4.74 Å². The van der Waals surface area contributed by atoms with Crippen LogP contribution in [-0.2, 0) is 11.2 Å². The summed E-state index contributed by atoms with van der Waals surface area (Å²) in [6.07, 6.45) is 5.30. The van der Waals surface area contributed by atoms with Crippen molar-refractivity contribution in [3.8, 4) is 5.75 Å². The number of hydrogen-bond acceptors (Lipinski definition) is 2. The number of aryl methyl sites for hydroxylation is 1. The molecule has 0 aliphatic carbocycles. The lowest BCUT2D eigenvalue weighted by molar-refractivity contribution is -0.133. The fourth-order valence-electron chi connectivity index (χ4n) is 2.15. The Kier molecular flexibility index (Phi) is 8.56. The van der Waals surface area contributed by atoms with E-state index in [9.17, 15) is 4.79 Å². The molecule has 0 bridgehead atoms. The zero-order valence-electron chi connectivity index (χ0n) is 13.7. The minimum atomic E-state index is 0.0961. The number of carbonyl (C=O) groups is 1. The highest BCUT2D eigenvalue weighted by Crippen LogP contribution is 2.14. The summed E-state index contributed by atoms with van der Waals surface area (Å²) in [7, 11) is 0. The summed E-state index contributed by atoms with van der Waals surface area (Å²) in [6, 6.07) is 7.97. The van der Waals surface area contributed by atoms with Crippen LogP contribution in [0.2, 0.25) is 0 Å². The maximum Gasteiger partial charge on any atom is 0.260 e. The molecule has 1 aromatic carbocycles. The summed E-state index contributed by atoms with van der Waals surface area (Å²) >= 11 is 0. The molecule has 0 atom stereocenters. The number of ether oxygens (including phenoxy) is 1. The van der Waals surface area contributed by atoms with Gasteiger partial charge in [-0.1, -0.05) is 45.7 Å². The van der Waals surface area contributed by atoms with Crippen LogP contribution in [-0.4, -0.2) is 30.5 Å². The van der Waals surface area contributed by atoms with Gasteiger partial charge in [0, 0.05) is 13.1 Å². The third kappa shape index (κ3) is 6.65. The van der Waals surface area contributed by atoms with Crippen LogP contribution in [0.15, 0.2) is 24.3 Å². The van der Waals surface area contributed by atoms with E-state index in [1.807, 2.05) is 23.1 Å². The van der Waals surface area contributed by atoms with E-state index in [0.29, 0.717) is 0 Å². The highest BCUT2D eigenvalue weighted by Gasteiger charge is 2.13. The first kappa shape index (κ1) is 17.5. The first-order valence-electron chi connectivity index (χ1n) is 8.20. The van der Waals surface area contributed by atoms with E-state index in [1.165, 1.54) is 5.56 Å². The number of amides is 1. The quantitative estimate of drug-likeness (QED) is 0.650. The zero-order valence-corrected chi connectivity index (χ0v) is 13.7. The van der Waals surface area contributed by atoms with Gasteiger partial charge in [-0.05, 0) is 37.0 Å². The largest absolute Gasteiger partial charge is 0.484 e. The third-order valence-corrected chi connectivity index (χ3v) is 3.58. The van der Waals surface area contributed by atoms with Crippen LogP contribution in [0.3, 0.4) is 0 Å². The van der Waals surface area contributed by atoms with Gasteiger partial charge < -0.3 is 9.64 Å². The van der Waals surface area contributed by atoms with Crippen molar-refractivity contribution in [2.75, 3.05) is 19.7 Å². The van der Waals surface area contributed by atoms with Gasteiger partial charge in [0.1, 0.15) is 5.75 Å². The minimum Gasteiger partial charge on any atom is -0.484 e. The summed E-state index contributed by atoms with van der Waals surface area (Å²) in [4.78, 5) is 14.2. The first-order chi connectivity index (χ1) is 10.2. The monoisotopic (exact) mass is 291 g/mol. The molecule has 0 spiro atoms. The lowest BCUT2D eigenvalue weighted by atomic mass is 10.2. The second-order valence-corrected chi connectivity index (χ2v) is 5.38. The summed E-state index contributed by atoms with van der Waals surface area (Å²) in [6.45, 7) is 8.23. The van der Waals surface area contributed by atoms with E-state index < -0.39 is 0 Å². The molecule has 0 N–H and O–H groups in total. The van der Waals surface area contributed by atoms with Crippen LogP contribution >= 0.6 is 0 Å². The van der Waals surface area contributed by atoms with Crippen LogP contribution in [0.1, 0.15) is 52.0 Å². The second kappa shape index (κ2) is 10.3. The Bertz CT molecular complexity index is 409. The Labute approximate surface area is 129 Å². The van der Waals surface area contributed by atoms with Crippen LogP contribution in [0.25, 0.3) is 0 Å². The molecule has 1 rings (SSSR count). The molecule has 0 saturated heterocycles. The number of unbranched alkanes of at least 4 members (excludes halogenated alkanes) is 2. The van der Waals surface area contributed by atoms with Crippen molar-refractivity contribution in [3.63, 3.8) is 0 Å². The molecule has 0 radical (unpaired) electrons. The van der Waals surface area contributed by atoms with Gasteiger partial charge >= 0.3 is 0 Å². The standard InChI is InChI=1S/C18H29NO2/c1-4-7-12-19(13-8-5-2)18(20)15-21-17-11-9-10-16(6-3)14-17/h9-11,14H,4-8,12-13,15H2,1-3H3. The molecule has 0 saturated carbocycles. The van der Waals surface area contributed by atoms with Crippen molar-refractivity contribution in [2.24, 2.45) is 0 Å². The first-order valence-corrected chi connectivity index (χ1v) is 8.20. The Morgan fingerprint density at radius 1 is 1.10 bits per heavy atom. The van der Waals surface area contributed by atoms with Crippen molar-refractivity contribution in [1.29, 1.82) is 0 Å². The van der Waals surface area contributed by atoms with Gasteiger partial charge in [-0.3, -0.25) is 4.79 Å².